The van der Waals surface area contributed by atoms with Crippen LogP contribution in [0.5, 0.6) is 0 Å². The van der Waals surface area contributed by atoms with E-state index in [1.807, 2.05) is 25.1 Å². The van der Waals surface area contributed by atoms with E-state index in [1.165, 1.54) is 18.0 Å². The molecule has 1 heterocycles. The zero-order valence-electron chi connectivity index (χ0n) is 8.73. The van der Waals surface area contributed by atoms with Crippen LogP contribution in [0.15, 0.2) is 45.2 Å². The largest absolute Gasteiger partial charge is 0.440 e. The van der Waals surface area contributed by atoms with Crippen molar-refractivity contribution in [3.63, 3.8) is 0 Å². The van der Waals surface area contributed by atoms with Crippen LogP contribution < -0.4 is 5.73 Å². The predicted molar refractivity (Wildman–Crippen MR) is 62.8 cm³/mol. The third-order valence-corrected chi connectivity index (χ3v) is 3.22. The first kappa shape index (κ1) is 10.8. The summed E-state index contributed by atoms with van der Waals surface area (Å²) in [6.07, 6.45) is 3.11. The van der Waals surface area contributed by atoms with Crippen molar-refractivity contribution >= 4 is 17.6 Å². The molecule has 0 amide bonds. The summed E-state index contributed by atoms with van der Waals surface area (Å²) >= 11 is 1.38. The average molecular weight is 233 g/mol. The Morgan fingerprint density at radius 1 is 1.50 bits per heavy atom. The lowest BCUT2D eigenvalue weighted by Crippen LogP contribution is -2.12. The van der Waals surface area contributed by atoms with E-state index in [0.29, 0.717) is 10.8 Å². The van der Waals surface area contributed by atoms with Crippen LogP contribution in [0.1, 0.15) is 11.1 Å². The molecule has 0 aliphatic carbocycles. The van der Waals surface area contributed by atoms with Gasteiger partial charge in [0.05, 0.1) is 6.20 Å². The number of nitrogens with zero attached hydrogens (tertiary/aromatic N) is 1. The van der Waals surface area contributed by atoms with Crippen molar-refractivity contribution in [1.82, 2.24) is 4.98 Å². The molecule has 0 unspecified atom stereocenters. The molecule has 0 fully saturated rings. The number of nitrogens with two attached hydrogens (primary N) is 1. The van der Waals surface area contributed by atoms with E-state index in [2.05, 4.69) is 4.98 Å². The van der Waals surface area contributed by atoms with Crippen molar-refractivity contribution < 1.29 is 4.42 Å². The molecule has 4 nitrogen and oxygen atoms in total. The number of hydrogen-bond acceptors (Lipinski definition) is 4. The molecular weight excluding hydrogens is 222 g/mol. The molecule has 16 heavy (non-hydrogen) atoms. The Balaban J connectivity index is 2.42. The second-order valence-electron chi connectivity index (χ2n) is 3.27. The lowest BCUT2D eigenvalue weighted by Gasteiger charge is -2.08. The fourth-order valence-corrected chi connectivity index (χ4v) is 2.26. The van der Waals surface area contributed by atoms with Crippen molar-refractivity contribution in [3.8, 4) is 0 Å². The van der Waals surface area contributed by atoms with Gasteiger partial charge in [0.2, 0.25) is 0 Å². The molecule has 0 spiro atoms. The number of aromatic nitrogens is 1. The minimum atomic E-state index is 0.0535. The molecule has 2 aromatic rings. The Labute approximate surface area is 97.4 Å². The van der Waals surface area contributed by atoms with Gasteiger partial charge < -0.3 is 10.2 Å². The molecule has 0 bridgehead atoms. The van der Waals surface area contributed by atoms with Gasteiger partial charge in [0.1, 0.15) is 12.1 Å². The average Bonchev–Trinajstić information content (AvgIpc) is 2.73. The normalized spacial score (nSPS) is 10.3. The van der Waals surface area contributed by atoms with Crippen LogP contribution >= 0.6 is 11.8 Å². The number of benzene rings is 1. The summed E-state index contributed by atoms with van der Waals surface area (Å²) in [5.74, 6) is 0.0535. The maximum Gasteiger partial charge on any atom is 0.260 e. The van der Waals surface area contributed by atoms with Gasteiger partial charge in [0.25, 0.3) is 5.22 Å². The fraction of sp³-hybridized carbons (Fsp3) is 0.0909. The maximum absolute atomic E-state index is 7.52. The van der Waals surface area contributed by atoms with Gasteiger partial charge in [-0.1, -0.05) is 18.2 Å². The highest BCUT2D eigenvalue weighted by atomic mass is 32.2. The van der Waals surface area contributed by atoms with Crippen LogP contribution in [0.3, 0.4) is 0 Å². The Bertz CT molecular complexity index is 508. The third kappa shape index (κ3) is 2.09. The molecule has 0 saturated carbocycles. The van der Waals surface area contributed by atoms with E-state index >= 15 is 0 Å². The molecule has 1 aromatic carbocycles. The van der Waals surface area contributed by atoms with Crippen molar-refractivity contribution in [3.05, 3.63) is 41.8 Å². The molecule has 2 rings (SSSR count). The summed E-state index contributed by atoms with van der Waals surface area (Å²) in [7, 11) is 0. The van der Waals surface area contributed by atoms with E-state index in [9.17, 15) is 0 Å². The lowest BCUT2D eigenvalue weighted by atomic mass is 10.1. The number of oxazole rings is 1. The van der Waals surface area contributed by atoms with E-state index in [1.54, 1.807) is 6.20 Å². The Morgan fingerprint density at radius 3 is 2.94 bits per heavy atom. The van der Waals surface area contributed by atoms with E-state index in [4.69, 9.17) is 15.6 Å². The maximum atomic E-state index is 7.52. The van der Waals surface area contributed by atoms with Crippen LogP contribution in [0.25, 0.3) is 0 Å². The third-order valence-electron chi connectivity index (χ3n) is 2.10. The standard InChI is InChI=1S/C11H11N3OS/c1-7-3-2-4-8(10(12)13)9(7)16-11-14-5-6-15-11/h2-6H,1H3,(H3,12,13). The van der Waals surface area contributed by atoms with Crippen LogP contribution in [0.4, 0.5) is 0 Å². The summed E-state index contributed by atoms with van der Waals surface area (Å²) in [6, 6.07) is 5.67. The minimum Gasteiger partial charge on any atom is -0.440 e. The zero-order chi connectivity index (χ0) is 11.5. The molecule has 1 aromatic heterocycles. The van der Waals surface area contributed by atoms with Gasteiger partial charge >= 0.3 is 0 Å². The Kier molecular flexibility index (Phi) is 2.96. The topological polar surface area (TPSA) is 75.9 Å². The van der Waals surface area contributed by atoms with Gasteiger partial charge in [-0.25, -0.2) is 4.98 Å². The molecule has 0 saturated heterocycles. The van der Waals surface area contributed by atoms with Gasteiger partial charge in [-0.15, -0.1) is 0 Å². The van der Waals surface area contributed by atoms with Gasteiger partial charge in [0, 0.05) is 10.5 Å². The first-order valence-corrected chi connectivity index (χ1v) is 5.51. The van der Waals surface area contributed by atoms with Crippen molar-refractivity contribution in [2.24, 2.45) is 5.73 Å². The summed E-state index contributed by atoms with van der Waals surface area (Å²) in [6.45, 7) is 1.97. The molecule has 0 aliphatic rings. The van der Waals surface area contributed by atoms with Crippen molar-refractivity contribution in [1.29, 1.82) is 5.41 Å². The van der Waals surface area contributed by atoms with Crippen LogP contribution in [-0.2, 0) is 0 Å². The molecule has 0 radical (unpaired) electrons. The van der Waals surface area contributed by atoms with Gasteiger partial charge in [-0.3, -0.25) is 5.41 Å². The Morgan fingerprint density at radius 2 is 2.31 bits per heavy atom. The summed E-state index contributed by atoms with van der Waals surface area (Å²) in [5, 5.41) is 8.07. The van der Waals surface area contributed by atoms with Gasteiger partial charge in [0.15, 0.2) is 0 Å². The van der Waals surface area contributed by atoms with Gasteiger partial charge in [-0.05, 0) is 24.2 Å². The zero-order valence-corrected chi connectivity index (χ0v) is 9.54. The van der Waals surface area contributed by atoms with E-state index in [-0.39, 0.29) is 5.84 Å². The molecule has 0 atom stereocenters. The lowest BCUT2D eigenvalue weighted by molar-refractivity contribution is 0.454. The van der Waals surface area contributed by atoms with E-state index in [0.717, 1.165) is 10.5 Å². The number of nitrogens with one attached hydrogen (secondary N) is 1. The number of rotatable bonds is 3. The molecular formula is C11H11N3OS. The number of aryl methyl sites for hydroxylation is 1. The highest BCUT2D eigenvalue weighted by molar-refractivity contribution is 7.99. The quantitative estimate of drug-likeness (QED) is 0.630. The predicted octanol–water partition coefficient (Wildman–Crippen LogP) is 2.42. The fourth-order valence-electron chi connectivity index (χ4n) is 1.35. The second kappa shape index (κ2) is 4.40. The van der Waals surface area contributed by atoms with E-state index < -0.39 is 0 Å². The van der Waals surface area contributed by atoms with Crippen LogP contribution in [0.2, 0.25) is 0 Å². The number of hydrogen-bond donors (Lipinski definition) is 2. The SMILES string of the molecule is Cc1cccc(C(=N)N)c1Sc1ncco1. The first-order chi connectivity index (χ1) is 7.68. The summed E-state index contributed by atoms with van der Waals surface area (Å²) in [4.78, 5) is 4.95. The smallest absolute Gasteiger partial charge is 0.260 e. The highest BCUT2D eigenvalue weighted by Crippen LogP contribution is 2.31. The Hall–Kier alpha value is -1.75. The van der Waals surface area contributed by atoms with Crippen molar-refractivity contribution in [2.45, 2.75) is 17.0 Å². The second-order valence-corrected chi connectivity index (χ2v) is 4.23. The first-order valence-electron chi connectivity index (χ1n) is 4.70. The van der Waals surface area contributed by atoms with Crippen LogP contribution in [0, 0.1) is 12.3 Å². The molecule has 5 heteroatoms. The number of amidine groups is 1. The van der Waals surface area contributed by atoms with Crippen LogP contribution in [-0.4, -0.2) is 10.8 Å². The molecule has 3 N–H and O–H groups in total. The highest BCUT2D eigenvalue weighted by Gasteiger charge is 2.11. The summed E-state index contributed by atoms with van der Waals surface area (Å²) in [5.41, 5.74) is 7.29. The molecule has 82 valence electrons. The van der Waals surface area contributed by atoms with Gasteiger partial charge in [-0.2, -0.15) is 0 Å². The number of nitrogen functional groups attached to an aromatic ring is 1. The van der Waals surface area contributed by atoms with Crippen molar-refractivity contribution in [2.75, 3.05) is 0 Å². The minimum absolute atomic E-state index is 0.0535. The molecule has 0 aliphatic heterocycles. The monoisotopic (exact) mass is 233 g/mol. The summed E-state index contributed by atoms with van der Waals surface area (Å²) < 4.78 is 5.17.